The van der Waals surface area contributed by atoms with Crippen molar-refractivity contribution in [1.82, 2.24) is 14.9 Å². The molecule has 1 aliphatic heterocycles. The number of halogens is 2. The van der Waals surface area contributed by atoms with Crippen LogP contribution in [-0.4, -0.2) is 132 Å². The van der Waals surface area contributed by atoms with Crippen molar-refractivity contribution in [3.8, 4) is 0 Å². The molecule has 0 radical (unpaired) electrons. The third kappa shape index (κ3) is 17.1. The van der Waals surface area contributed by atoms with Crippen LogP contribution in [0.3, 0.4) is 0 Å². The molecule has 5 atom stereocenters. The van der Waals surface area contributed by atoms with E-state index >= 15 is 0 Å². The lowest BCUT2D eigenvalue weighted by Crippen LogP contribution is -2.42. The number of phosphoric ester groups is 1. The highest BCUT2D eigenvalue weighted by molar-refractivity contribution is 7.99. The zero-order chi connectivity index (χ0) is 40.3. The summed E-state index contributed by atoms with van der Waals surface area (Å²) < 4.78 is 75.8. The zero-order valence-corrected chi connectivity index (χ0v) is 31.7. The van der Waals surface area contributed by atoms with Crippen molar-refractivity contribution in [3.05, 3.63) is 28.4 Å². The van der Waals surface area contributed by atoms with E-state index in [-0.39, 0.29) is 62.9 Å². The highest BCUT2D eigenvalue weighted by Crippen LogP contribution is 2.47. The molecule has 54 heavy (non-hydrogen) atoms. The molecule has 1 aliphatic rings. The number of thioether (sulfide) groups is 1. The molecule has 306 valence electrons. The van der Waals surface area contributed by atoms with Crippen molar-refractivity contribution < 1.29 is 80.1 Å². The number of hydrogen-bond acceptors (Lipinski definition) is 17. The van der Waals surface area contributed by atoms with Gasteiger partial charge >= 0.3 is 31.4 Å². The van der Waals surface area contributed by atoms with Crippen molar-refractivity contribution in [1.29, 1.82) is 0 Å². The van der Waals surface area contributed by atoms with Gasteiger partial charge in [-0.2, -0.15) is 25.5 Å². The molecular weight excluding hydrogens is 771 g/mol. The van der Waals surface area contributed by atoms with Crippen LogP contribution in [0.1, 0.15) is 51.5 Å². The van der Waals surface area contributed by atoms with Crippen LogP contribution in [0.5, 0.6) is 0 Å². The summed E-state index contributed by atoms with van der Waals surface area (Å²) in [5.74, 6) is -6.34. The van der Waals surface area contributed by atoms with Gasteiger partial charge in [0.25, 0.3) is 0 Å². The first kappa shape index (κ1) is 46.9. The summed E-state index contributed by atoms with van der Waals surface area (Å²) in [4.78, 5) is 85.3. The van der Waals surface area contributed by atoms with Crippen molar-refractivity contribution in [2.24, 2.45) is 5.92 Å². The van der Waals surface area contributed by atoms with Gasteiger partial charge in [0.1, 0.15) is 17.7 Å². The fourth-order valence-electron chi connectivity index (χ4n) is 4.42. The molecule has 1 fully saturated rings. The average molecular weight is 818 g/mol. The molecule has 0 aromatic carbocycles. The van der Waals surface area contributed by atoms with Crippen molar-refractivity contribution in [2.45, 2.75) is 70.8 Å². The predicted octanol–water partition coefficient (Wildman–Crippen LogP) is 0.860. The number of phosphoric acid groups is 1. The first-order chi connectivity index (χ1) is 25.5. The lowest BCUT2D eigenvalue weighted by molar-refractivity contribution is -0.163. The van der Waals surface area contributed by atoms with Crippen LogP contribution < -0.4 is 11.0 Å². The van der Waals surface area contributed by atoms with Crippen molar-refractivity contribution in [2.75, 3.05) is 64.5 Å². The number of ketones is 2. The lowest BCUT2D eigenvalue weighted by atomic mass is 10.0. The van der Waals surface area contributed by atoms with E-state index in [1.54, 1.807) is 0 Å². The Labute approximate surface area is 313 Å². The first-order valence-corrected chi connectivity index (χ1v) is 19.3. The van der Waals surface area contributed by atoms with Gasteiger partial charge in [-0.3, -0.25) is 28.3 Å². The number of nitrogens with zero attached hydrogens (tertiary/aromatic N) is 2. The quantitative estimate of drug-likeness (QED) is 0.0482. The number of aliphatic hydroxyl groups is 1. The standard InChI is InChI=1S/C31H46F2N3O16PS/c1-4-54-18-22(15-23(38)8-12-47-14-13-46-11-7-21(3)37)28(42)34-9-5-25(39)48-17-26(40)49-19-51-53(44,45)50-16-24-27(41)31(32,33)29(52-24)36-10-6-20(2)35-30(36)43/h6,10,22,24,27,29,41H,4-5,7-9,11-19H2,1-3H3,(H,34,42)(H,44,45)/t22-,24-,27-,29-/m1/s1. The topological polar surface area (TPSA) is 254 Å². The van der Waals surface area contributed by atoms with Crippen LogP contribution in [0.15, 0.2) is 17.1 Å². The molecule has 0 aliphatic carbocycles. The maximum absolute atomic E-state index is 14.7. The number of carbonyl (C=O) groups is 5. The van der Waals surface area contributed by atoms with Gasteiger partial charge in [-0.05, 0) is 25.7 Å². The third-order valence-corrected chi connectivity index (χ3v) is 9.24. The van der Waals surface area contributed by atoms with E-state index in [1.165, 1.54) is 31.7 Å². The Morgan fingerprint density at radius 2 is 1.76 bits per heavy atom. The number of aliphatic hydroxyl groups excluding tert-OH is 1. The van der Waals surface area contributed by atoms with E-state index in [2.05, 4.69) is 24.1 Å². The Morgan fingerprint density at radius 3 is 2.41 bits per heavy atom. The molecule has 2 heterocycles. The van der Waals surface area contributed by atoms with Gasteiger partial charge in [0.15, 0.2) is 12.7 Å². The van der Waals surface area contributed by atoms with Gasteiger partial charge < -0.3 is 39.0 Å². The minimum absolute atomic E-state index is 0.0179. The number of aryl methyl sites for hydroxylation is 1. The van der Waals surface area contributed by atoms with Gasteiger partial charge in [-0.15, -0.1) is 0 Å². The number of ether oxygens (including phenoxy) is 5. The van der Waals surface area contributed by atoms with Gasteiger partial charge in [-0.25, -0.2) is 18.7 Å². The molecule has 1 aromatic rings. The van der Waals surface area contributed by atoms with Crippen molar-refractivity contribution >= 4 is 49.0 Å². The lowest BCUT2D eigenvalue weighted by Gasteiger charge is -2.20. The summed E-state index contributed by atoms with van der Waals surface area (Å²) in [6.45, 7) is 2.40. The molecule has 23 heteroatoms. The Bertz CT molecular complexity index is 1520. The molecule has 1 unspecified atom stereocenters. The molecule has 1 aromatic heterocycles. The second kappa shape index (κ2) is 23.7. The SMILES string of the molecule is CCSC[C@@H](CC(=O)CCOCCOCCC(C)=O)C(=O)NCCC(=O)OCC(=O)OCOP(=O)(O)OC[C@H]1O[C@@H](n2ccc(C)nc2=O)C(F)(F)[C@@H]1O. The normalized spacial score (nSPS) is 19.4. The second-order valence-electron chi connectivity index (χ2n) is 11.7. The molecule has 1 saturated heterocycles. The molecule has 2 rings (SSSR count). The summed E-state index contributed by atoms with van der Waals surface area (Å²) in [6, 6.07) is 1.26. The minimum Gasteiger partial charge on any atom is -0.454 e. The number of carbonyl (C=O) groups excluding carboxylic acids is 5. The third-order valence-electron chi connectivity index (χ3n) is 7.28. The molecule has 1 amide bonds. The summed E-state index contributed by atoms with van der Waals surface area (Å²) in [5.41, 5.74) is -0.837. The first-order valence-electron chi connectivity index (χ1n) is 16.7. The monoisotopic (exact) mass is 817 g/mol. The number of alkyl halides is 2. The summed E-state index contributed by atoms with van der Waals surface area (Å²) in [6.07, 6.45) is -5.73. The maximum atomic E-state index is 14.7. The van der Waals surface area contributed by atoms with Crippen LogP contribution in [0.25, 0.3) is 0 Å². The van der Waals surface area contributed by atoms with E-state index in [0.29, 0.717) is 29.1 Å². The molecular formula is C31H46F2N3O16PS. The molecule has 0 spiro atoms. The predicted molar refractivity (Wildman–Crippen MR) is 182 cm³/mol. The van der Waals surface area contributed by atoms with Gasteiger partial charge in [0.05, 0.1) is 45.4 Å². The van der Waals surface area contributed by atoms with E-state index in [0.717, 1.165) is 6.20 Å². The van der Waals surface area contributed by atoms with E-state index < -0.39 is 81.6 Å². The summed E-state index contributed by atoms with van der Waals surface area (Å²) in [7, 11) is -5.06. The Kier molecular flexibility index (Phi) is 20.6. The fourth-order valence-corrected chi connectivity index (χ4v) is 5.80. The molecule has 0 saturated carbocycles. The zero-order valence-electron chi connectivity index (χ0n) is 30.0. The van der Waals surface area contributed by atoms with Crippen LogP contribution in [0.4, 0.5) is 8.78 Å². The number of amides is 1. The largest absolute Gasteiger partial charge is 0.475 e. The molecule has 3 N–H and O–H groups in total. The number of esters is 2. The van der Waals surface area contributed by atoms with Crippen LogP contribution in [0, 0.1) is 12.8 Å². The highest BCUT2D eigenvalue weighted by Gasteiger charge is 2.60. The van der Waals surface area contributed by atoms with Crippen LogP contribution in [0.2, 0.25) is 0 Å². The Hall–Kier alpha value is -3.21. The molecule has 0 bridgehead atoms. The maximum Gasteiger partial charge on any atom is 0.475 e. The Balaban J connectivity index is 1.65. The van der Waals surface area contributed by atoms with Crippen molar-refractivity contribution in [3.63, 3.8) is 0 Å². The molecule has 19 nitrogen and oxygen atoms in total. The second-order valence-corrected chi connectivity index (χ2v) is 14.4. The van der Waals surface area contributed by atoms with Gasteiger partial charge in [-0.1, -0.05) is 6.92 Å². The smallest absolute Gasteiger partial charge is 0.454 e. The number of aromatic nitrogens is 2. The van der Waals surface area contributed by atoms with E-state index in [4.69, 9.17) is 18.9 Å². The fraction of sp³-hybridized carbons (Fsp3) is 0.710. The number of hydrogen-bond donors (Lipinski definition) is 3. The summed E-state index contributed by atoms with van der Waals surface area (Å²) >= 11 is 1.46. The average Bonchev–Trinajstić information content (AvgIpc) is 3.32. The highest BCUT2D eigenvalue weighted by atomic mass is 32.2. The van der Waals surface area contributed by atoms with Crippen LogP contribution >= 0.6 is 19.6 Å². The Morgan fingerprint density at radius 1 is 1.07 bits per heavy atom. The summed E-state index contributed by atoms with van der Waals surface area (Å²) in [5, 5.41) is 12.6. The number of nitrogens with one attached hydrogen (secondary N) is 1. The van der Waals surface area contributed by atoms with Crippen LogP contribution in [-0.2, 0) is 61.3 Å². The number of rotatable bonds is 27. The number of Topliss-reactive ketones (excluding diaryl/α,β-unsaturated/α-hetero) is 2. The van der Waals surface area contributed by atoms with E-state index in [9.17, 15) is 52.1 Å². The van der Waals surface area contributed by atoms with Gasteiger partial charge in [0.2, 0.25) is 18.9 Å². The van der Waals surface area contributed by atoms with E-state index in [1.807, 2.05) is 6.92 Å². The van der Waals surface area contributed by atoms with Gasteiger partial charge in [0, 0.05) is 43.5 Å². The minimum atomic E-state index is -5.06.